The summed E-state index contributed by atoms with van der Waals surface area (Å²) in [5.74, 6) is -1.38. The molecule has 0 atom stereocenters. The predicted octanol–water partition coefficient (Wildman–Crippen LogP) is 3.59. The van der Waals surface area contributed by atoms with Crippen LogP contribution in [0.25, 0.3) is 0 Å². The van der Waals surface area contributed by atoms with E-state index in [4.69, 9.17) is 4.74 Å². The fraction of sp³-hybridized carbons (Fsp3) is 0.0909. The van der Waals surface area contributed by atoms with Gasteiger partial charge in [0.1, 0.15) is 5.75 Å². The van der Waals surface area contributed by atoms with Crippen LogP contribution in [-0.4, -0.2) is 29.3 Å². The topological polar surface area (TPSA) is 114 Å². The maximum Gasteiger partial charge on any atom is 0.315 e. The van der Waals surface area contributed by atoms with Crippen LogP contribution in [0.3, 0.4) is 0 Å². The van der Waals surface area contributed by atoms with Gasteiger partial charge in [0.15, 0.2) is 0 Å². The number of amides is 1. The Kier molecular flexibility index (Phi) is 6.39. The maximum atomic E-state index is 12.9. The van der Waals surface area contributed by atoms with Gasteiger partial charge in [-0.2, -0.15) is 5.10 Å². The summed E-state index contributed by atoms with van der Waals surface area (Å²) in [6, 6.07) is 21.0. The Labute approximate surface area is 172 Å². The zero-order valence-electron chi connectivity index (χ0n) is 16.1. The van der Waals surface area contributed by atoms with Gasteiger partial charge in [0.25, 0.3) is 5.91 Å². The van der Waals surface area contributed by atoms with Crippen molar-refractivity contribution in [2.75, 3.05) is 7.11 Å². The van der Waals surface area contributed by atoms with Crippen molar-refractivity contribution in [3.8, 4) is 11.5 Å². The molecule has 3 rings (SSSR count). The lowest BCUT2D eigenvalue weighted by Crippen LogP contribution is -2.26. The Morgan fingerprint density at radius 1 is 1.10 bits per heavy atom. The Morgan fingerprint density at radius 2 is 1.67 bits per heavy atom. The number of phenolic OH excluding ortho intramolecular Hbond substituents is 1. The number of carbonyl (C=O) groups excluding carboxylic acids is 1. The molecule has 1 amide bonds. The summed E-state index contributed by atoms with van der Waals surface area (Å²) in [6.45, 7) is 0. The minimum absolute atomic E-state index is 0.0392. The number of aromatic hydroxyl groups is 1. The van der Waals surface area contributed by atoms with Crippen molar-refractivity contribution in [3.63, 3.8) is 0 Å². The average Bonchev–Trinajstić information content (AvgIpc) is 2.76. The molecule has 0 aliphatic carbocycles. The van der Waals surface area contributed by atoms with Gasteiger partial charge in [0.2, 0.25) is 5.75 Å². The molecule has 152 valence electrons. The molecule has 8 nitrogen and oxygen atoms in total. The van der Waals surface area contributed by atoms with Crippen LogP contribution in [0.1, 0.15) is 22.6 Å². The van der Waals surface area contributed by atoms with Crippen molar-refractivity contribution >= 4 is 17.8 Å². The first kappa shape index (κ1) is 20.5. The molecule has 0 unspecified atom stereocenters. The van der Waals surface area contributed by atoms with Crippen LogP contribution in [0.5, 0.6) is 11.5 Å². The lowest BCUT2D eigenvalue weighted by atomic mass is 9.91. The van der Waals surface area contributed by atoms with Crippen molar-refractivity contribution in [1.82, 2.24) is 5.43 Å². The van der Waals surface area contributed by atoms with E-state index in [2.05, 4.69) is 10.5 Å². The van der Waals surface area contributed by atoms with Crippen LogP contribution < -0.4 is 10.2 Å². The van der Waals surface area contributed by atoms with E-state index < -0.39 is 22.3 Å². The van der Waals surface area contributed by atoms with Crippen LogP contribution >= 0.6 is 0 Å². The average molecular weight is 405 g/mol. The Morgan fingerprint density at radius 3 is 2.17 bits per heavy atom. The zero-order chi connectivity index (χ0) is 21.5. The van der Waals surface area contributed by atoms with Gasteiger partial charge in [-0.25, -0.2) is 5.43 Å². The number of ether oxygens (including phenoxy) is 1. The lowest BCUT2D eigenvalue weighted by molar-refractivity contribution is -0.385. The summed E-state index contributed by atoms with van der Waals surface area (Å²) in [5, 5.41) is 25.1. The second-order valence-electron chi connectivity index (χ2n) is 6.33. The highest BCUT2D eigenvalue weighted by Crippen LogP contribution is 2.33. The van der Waals surface area contributed by atoms with E-state index in [0.29, 0.717) is 0 Å². The summed E-state index contributed by atoms with van der Waals surface area (Å²) in [4.78, 5) is 23.3. The van der Waals surface area contributed by atoms with Crippen LogP contribution in [-0.2, 0) is 4.79 Å². The van der Waals surface area contributed by atoms with Crippen molar-refractivity contribution in [2.45, 2.75) is 5.92 Å². The molecule has 0 aromatic heterocycles. The number of benzene rings is 3. The molecule has 8 heteroatoms. The van der Waals surface area contributed by atoms with Crippen molar-refractivity contribution < 1.29 is 19.6 Å². The molecular formula is C22H19N3O5. The molecule has 2 N–H and O–H groups in total. The normalized spacial score (nSPS) is 10.9. The molecule has 0 radical (unpaired) electrons. The number of hydrogen-bond acceptors (Lipinski definition) is 6. The number of nitrogens with zero attached hydrogens (tertiary/aromatic N) is 2. The Balaban J connectivity index is 1.87. The third-order valence-corrected chi connectivity index (χ3v) is 4.43. The maximum absolute atomic E-state index is 12.9. The summed E-state index contributed by atoms with van der Waals surface area (Å²) in [5.41, 5.74) is 3.55. The highest BCUT2D eigenvalue weighted by Gasteiger charge is 2.22. The molecule has 0 spiro atoms. The van der Waals surface area contributed by atoms with Gasteiger partial charge in [-0.05, 0) is 17.2 Å². The molecular weight excluding hydrogens is 386 g/mol. The lowest BCUT2D eigenvalue weighted by Gasteiger charge is -2.16. The SMILES string of the molecule is COc1cc(/C=N\NC(=O)C(c2ccccc2)c2ccccc2)c(O)c([N+](=O)[O-])c1. The molecule has 0 saturated carbocycles. The van der Waals surface area contributed by atoms with Crippen molar-refractivity contribution in [2.24, 2.45) is 5.10 Å². The number of hydrazone groups is 1. The van der Waals surface area contributed by atoms with Gasteiger partial charge in [0.05, 0.1) is 30.2 Å². The van der Waals surface area contributed by atoms with Gasteiger partial charge < -0.3 is 9.84 Å². The minimum atomic E-state index is -0.728. The quantitative estimate of drug-likeness (QED) is 0.354. The summed E-state index contributed by atoms with van der Waals surface area (Å²) in [7, 11) is 1.35. The van der Waals surface area contributed by atoms with E-state index in [-0.39, 0.29) is 17.2 Å². The number of nitrogens with one attached hydrogen (secondary N) is 1. The van der Waals surface area contributed by atoms with Crippen LogP contribution in [0, 0.1) is 10.1 Å². The number of rotatable bonds is 7. The summed E-state index contributed by atoms with van der Waals surface area (Å²) in [6.07, 6.45) is 1.13. The number of hydrogen-bond donors (Lipinski definition) is 2. The van der Waals surface area contributed by atoms with E-state index in [1.807, 2.05) is 60.7 Å². The number of nitro benzene ring substituents is 1. The second kappa shape index (κ2) is 9.33. The van der Waals surface area contributed by atoms with Crippen LogP contribution in [0.2, 0.25) is 0 Å². The number of nitro groups is 1. The fourth-order valence-corrected chi connectivity index (χ4v) is 2.99. The van der Waals surface area contributed by atoms with Crippen molar-refractivity contribution in [1.29, 1.82) is 0 Å². The van der Waals surface area contributed by atoms with Crippen LogP contribution in [0.4, 0.5) is 5.69 Å². The molecule has 0 fully saturated rings. The van der Waals surface area contributed by atoms with Gasteiger partial charge in [-0.1, -0.05) is 60.7 Å². The largest absolute Gasteiger partial charge is 0.502 e. The molecule has 3 aromatic carbocycles. The second-order valence-corrected chi connectivity index (χ2v) is 6.33. The smallest absolute Gasteiger partial charge is 0.315 e. The molecule has 0 saturated heterocycles. The van der Waals surface area contributed by atoms with E-state index >= 15 is 0 Å². The minimum Gasteiger partial charge on any atom is -0.502 e. The molecule has 0 aliphatic rings. The highest BCUT2D eigenvalue weighted by molar-refractivity contribution is 5.90. The van der Waals surface area contributed by atoms with Gasteiger partial charge in [-0.15, -0.1) is 0 Å². The standard InChI is InChI=1S/C22H19N3O5/c1-30-18-12-17(21(26)19(13-18)25(28)29)14-23-24-22(27)20(15-8-4-2-5-9-15)16-10-6-3-7-11-16/h2-14,20,26H,1H3,(H,24,27)/b23-14-. The monoisotopic (exact) mass is 405 g/mol. The number of carbonyl (C=O) groups is 1. The third-order valence-electron chi connectivity index (χ3n) is 4.43. The van der Waals surface area contributed by atoms with Crippen LogP contribution in [0.15, 0.2) is 77.9 Å². The molecule has 0 aliphatic heterocycles. The first-order valence-electron chi connectivity index (χ1n) is 8.99. The predicted molar refractivity (Wildman–Crippen MR) is 112 cm³/mol. The molecule has 3 aromatic rings. The van der Waals surface area contributed by atoms with E-state index in [1.165, 1.54) is 13.2 Å². The first-order chi connectivity index (χ1) is 14.5. The molecule has 0 bridgehead atoms. The number of methoxy groups -OCH3 is 1. The molecule has 30 heavy (non-hydrogen) atoms. The Bertz CT molecular complexity index is 1030. The zero-order valence-corrected chi connectivity index (χ0v) is 16.1. The third kappa shape index (κ3) is 4.61. The molecule has 0 heterocycles. The van der Waals surface area contributed by atoms with E-state index in [1.54, 1.807) is 0 Å². The van der Waals surface area contributed by atoms with E-state index in [9.17, 15) is 20.0 Å². The highest BCUT2D eigenvalue weighted by atomic mass is 16.6. The Hall–Kier alpha value is -4.20. The fourth-order valence-electron chi connectivity index (χ4n) is 2.99. The van der Waals surface area contributed by atoms with Crippen molar-refractivity contribution in [3.05, 3.63) is 99.6 Å². The first-order valence-corrected chi connectivity index (χ1v) is 8.99. The number of phenols is 1. The van der Waals surface area contributed by atoms with E-state index in [0.717, 1.165) is 23.4 Å². The van der Waals surface area contributed by atoms with Gasteiger partial charge in [-0.3, -0.25) is 14.9 Å². The summed E-state index contributed by atoms with van der Waals surface area (Å²) >= 11 is 0. The summed E-state index contributed by atoms with van der Waals surface area (Å²) < 4.78 is 5.02. The van der Waals surface area contributed by atoms with Gasteiger partial charge >= 0.3 is 5.69 Å². The van der Waals surface area contributed by atoms with Gasteiger partial charge in [0, 0.05) is 5.56 Å².